The van der Waals surface area contributed by atoms with Crippen molar-refractivity contribution in [1.29, 1.82) is 0 Å². The third-order valence-electron chi connectivity index (χ3n) is 2.29. The summed E-state index contributed by atoms with van der Waals surface area (Å²) in [6, 6.07) is 7.30. The van der Waals surface area contributed by atoms with Gasteiger partial charge in [0.15, 0.2) is 9.84 Å². The summed E-state index contributed by atoms with van der Waals surface area (Å²) < 4.78 is 22.3. The Labute approximate surface area is 83.2 Å². The van der Waals surface area contributed by atoms with Crippen molar-refractivity contribution in [3.8, 4) is 0 Å². The quantitative estimate of drug-likeness (QED) is 0.709. The van der Waals surface area contributed by atoms with E-state index in [1.54, 1.807) is 18.2 Å². The van der Waals surface area contributed by atoms with Crippen molar-refractivity contribution in [2.75, 3.05) is 11.5 Å². The molecule has 0 spiro atoms. The minimum Gasteiger partial charge on any atom is -0.399 e. The molecular formula is C10H11NO2S. The van der Waals surface area contributed by atoms with E-state index in [0.717, 1.165) is 5.56 Å². The van der Waals surface area contributed by atoms with Crippen molar-refractivity contribution in [1.82, 2.24) is 0 Å². The lowest BCUT2D eigenvalue weighted by Gasteiger charge is -2.06. The van der Waals surface area contributed by atoms with E-state index in [9.17, 15) is 8.42 Å². The maximum atomic E-state index is 11.2. The molecule has 4 heteroatoms. The Bertz CT molecular complexity index is 459. The molecule has 1 heterocycles. The molecule has 2 rings (SSSR count). The summed E-state index contributed by atoms with van der Waals surface area (Å²) in [6.07, 6.45) is 1.72. The highest BCUT2D eigenvalue weighted by Crippen LogP contribution is 2.26. The molecule has 0 amide bonds. The molecule has 1 aliphatic heterocycles. The zero-order valence-corrected chi connectivity index (χ0v) is 8.37. The smallest absolute Gasteiger partial charge is 0.172 e. The number of hydrogen-bond donors (Lipinski definition) is 1. The van der Waals surface area contributed by atoms with E-state index in [2.05, 4.69) is 0 Å². The first-order valence-electron chi connectivity index (χ1n) is 4.33. The standard InChI is InChI=1S/C10H11NO2S/c11-10-3-1-8(2-4-10)9-5-6-14(12,13)7-9/h1-6,9H,7,11H2. The van der Waals surface area contributed by atoms with Crippen LogP contribution >= 0.6 is 0 Å². The van der Waals surface area contributed by atoms with Crippen molar-refractivity contribution in [3.05, 3.63) is 41.3 Å². The number of nitrogens with two attached hydrogens (primary N) is 1. The molecule has 3 nitrogen and oxygen atoms in total. The van der Waals surface area contributed by atoms with Crippen LogP contribution in [0.25, 0.3) is 0 Å². The van der Waals surface area contributed by atoms with Gasteiger partial charge in [-0.1, -0.05) is 18.2 Å². The van der Waals surface area contributed by atoms with Gasteiger partial charge >= 0.3 is 0 Å². The molecule has 0 saturated heterocycles. The van der Waals surface area contributed by atoms with Crippen LogP contribution in [0.1, 0.15) is 11.5 Å². The lowest BCUT2D eigenvalue weighted by molar-refractivity contribution is 0.604. The first kappa shape index (κ1) is 9.27. The average molecular weight is 209 g/mol. The summed E-state index contributed by atoms with van der Waals surface area (Å²) in [5.41, 5.74) is 7.23. The van der Waals surface area contributed by atoms with Crippen LogP contribution in [0.3, 0.4) is 0 Å². The number of hydrogen-bond acceptors (Lipinski definition) is 3. The maximum absolute atomic E-state index is 11.2. The number of anilines is 1. The van der Waals surface area contributed by atoms with Gasteiger partial charge in [0.2, 0.25) is 0 Å². The van der Waals surface area contributed by atoms with Crippen LogP contribution in [-0.2, 0) is 9.84 Å². The van der Waals surface area contributed by atoms with E-state index in [0.29, 0.717) is 5.69 Å². The lowest BCUT2D eigenvalue weighted by atomic mass is 10.0. The summed E-state index contributed by atoms with van der Waals surface area (Å²) in [7, 11) is -2.97. The highest BCUT2D eigenvalue weighted by molar-refractivity contribution is 7.94. The van der Waals surface area contributed by atoms with Crippen LogP contribution in [0.5, 0.6) is 0 Å². The number of benzene rings is 1. The zero-order valence-electron chi connectivity index (χ0n) is 7.55. The molecule has 1 atom stereocenters. The fourth-order valence-electron chi connectivity index (χ4n) is 1.53. The monoisotopic (exact) mass is 209 g/mol. The summed E-state index contributed by atoms with van der Waals surface area (Å²) in [5.74, 6) is 0.164. The minimum atomic E-state index is -2.97. The second-order valence-electron chi connectivity index (χ2n) is 3.43. The fourth-order valence-corrected chi connectivity index (χ4v) is 2.87. The second-order valence-corrected chi connectivity index (χ2v) is 5.36. The topological polar surface area (TPSA) is 60.2 Å². The first-order valence-corrected chi connectivity index (χ1v) is 6.05. The number of rotatable bonds is 1. The summed E-state index contributed by atoms with van der Waals surface area (Å²) >= 11 is 0. The van der Waals surface area contributed by atoms with Crippen LogP contribution in [0, 0.1) is 0 Å². The van der Waals surface area contributed by atoms with E-state index in [1.165, 1.54) is 5.41 Å². The second kappa shape index (κ2) is 3.13. The highest BCUT2D eigenvalue weighted by Gasteiger charge is 2.22. The Kier molecular flexibility index (Phi) is 2.07. The third-order valence-corrected chi connectivity index (χ3v) is 3.69. The van der Waals surface area contributed by atoms with Gasteiger partial charge in [0.1, 0.15) is 0 Å². The molecule has 1 unspecified atom stereocenters. The van der Waals surface area contributed by atoms with Gasteiger partial charge in [0.05, 0.1) is 5.75 Å². The molecule has 1 aromatic rings. The Morgan fingerprint density at radius 2 is 1.86 bits per heavy atom. The van der Waals surface area contributed by atoms with E-state index >= 15 is 0 Å². The maximum Gasteiger partial charge on any atom is 0.172 e. The predicted molar refractivity (Wildman–Crippen MR) is 56.5 cm³/mol. The van der Waals surface area contributed by atoms with Gasteiger partial charge in [-0.2, -0.15) is 0 Å². The number of allylic oxidation sites excluding steroid dienone is 1. The molecule has 1 aromatic carbocycles. The molecule has 0 saturated carbocycles. The Morgan fingerprint density at radius 1 is 1.21 bits per heavy atom. The van der Waals surface area contributed by atoms with Gasteiger partial charge in [-0.25, -0.2) is 8.42 Å². The molecule has 0 bridgehead atoms. The first-order chi connectivity index (χ1) is 6.57. The van der Waals surface area contributed by atoms with Gasteiger partial charge in [0, 0.05) is 17.0 Å². The molecule has 1 aliphatic rings. The lowest BCUT2D eigenvalue weighted by Crippen LogP contribution is -2.03. The van der Waals surface area contributed by atoms with Crippen molar-refractivity contribution in [2.45, 2.75) is 5.92 Å². The predicted octanol–water partition coefficient (Wildman–Crippen LogP) is 1.29. The summed E-state index contributed by atoms with van der Waals surface area (Å²) in [5, 5.41) is 1.29. The summed E-state index contributed by atoms with van der Waals surface area (Å²) in [6.45, 7) is 0. The molecular weight excluding hydrogens is 198 g/mol. The Balaban J connectivity index is 2.27. The minimum absolute atomic E-state index is 0.0133. The van der Waals surface area contributed by atoms with E-state index < -0.39 is 9.84 Å². The molecule has 2 N–H and O–H groups in total. The van der Waals surface area contributed by atoms with Gasteiger partial charge in [0.25, 0.3) is 0 Å². The van der Waals surface area contributed by atoms with Crippen molar-refractivity contribution in [2.24, 2.45) is 0 Å². The molecule has 74 valence electrons. The van der Waals surface area contributed by atoms with Crippen LogP contribution in [-0.4, -0.2) is 14.2 Å². The molecule has 0 aliphatic carbocycles. The van der Waals surface area contributed by atoms with Crippen LogP contribution in [0.4, 0.5) is 5.69 Å². The average Bonchev–Trinajstić information content (AvgIpc) is 2.47. The molecule has 0 aromatic heterocycles. The normalized spacial score (nSPS) is 23.9. The Hall–Kier alpha value is -1.29. The highest BCUT2D eigenvalue weighted by atomic mass is 32.2. The zero-order chi connectivity index (χ0) is 10.2. The van der Waals surface area contributed by atoms with Gasteiger partial charge in [-0.05, 0) is 17.7 Å². The van der Waals surface area contributed by atoms with Crippen molar-refractivity contribution >= 4 is 15.5 Å². The SMILES string of the molecule is Nc1ccc(C2C=CS(=O)(=O)C2)cc1. The van der Waals surface area contributed by atoms with Crippen LogP contribution in [0.15, 0.2) is 35.7 Å². The fraction of sp³-hybridized carbons (Fsp3) is 0.200. The molecule has 0 radical (unpaired) electrons. The van der Waals surface area contributed by atoms with Crippen molar-refractivity contribution in [3.63, 3.8) is 0 Å². The molecule has 0 fully saturated rings. The number of nitrogen functional groups attached to an aromatic ring is 1. The van der Waals surface area contributed by atoms with Crippen LogP contribution < -0.4 is 5.73 Å². The van der Waals surface area contributed by atoms with Gasteiger partial charge in [-0.15, -0.1) is 0 Å². The van der Waals surface area contributed by atoms with Crippen LogP contribution in [0.2, 0.25) is 0 Å². The van der Waals surface area contributed by atoms with Crippen molar-refractivity contribution < 1.29 is 8.42 Å². The van der Waals surface area contributed by atoms with E-state index in [4.69, 9.17) is 5.73 Å². The van der Waals surface area contributed by atoms with Gasteiger partial charge in [-0.3, -0.25) is 0 Å². The van der Waals surface area contributed by atoms with E-state index in [1.807, 2.05) is 12.1 Å². The van der Waals surface area contributed by atoms with E-state index in [-0.39, 0.29) is 11.7 Å². The number of sulfone groups is 1. The third kappa shape index (κ3) is 1.80. The summed E-state index contributed by atoms with van der Waals surface area (Å²) in [4.78, 5) is 0. The largest absolute Gasteiger partial charge is 0.399 e. The molecule has 14 heavy (non-hydrogen) atoms. The Morgan fingerprint density at radius 3 is 2.36 bits per heavy atom. The van der Waals surface area contributed by atoms with Gasteiger partial charge < -0.3 is 5.73 Å².